The third kappa shape index (κ3) is 2.88. The SMILES string of the molecule is O=C(NC(=O)c1cnc2sccn12)Nc1ccc(Cl)cc1. The molecule has 1 aromatic carbocycles. The minimum absolute atomic E-state index is 0.303. The van der Waals surface area contributed by atoms with E-state index in [1.54, 1.807) is 34.9 Å². The molecule has 0 spiro atoms. The number of rotatable bonds is 2. The Labute approximate surface area is 128 Å². The predicted molar refractivity (Wildman–Crippen MR) is 81.0 cm³/mol. The molecule has 106 valence electrons. The van der Waals surface area contributed by atoms with Gasteiger partial charge in [-0.15, -0.1) is 11.3 Å². The fourth-order valence-electron chi connectivity index (χ4n) is 1.76. The summed E-state index contributed by atoms with van der Waals surface area (Å²) in [4.78, 5) is 28.6. The quantitative estimate of drug-likeness (QED) is 0.762. The number of imide groups is 1. The van der Waals surface area contributed by atoms with Crippen LogP contribution in [-0.2, 0) is 0 Å². The van der Waals surface area contributed by atoms with Crippen LogP contribution in [0.1, 0.15) is 10.5 Å². The highest BCUT2D eigenvalue weighted by atomic mass is 35.5. The van der Waals surface area contributed by atoms with Crippen molar-refractivity contribution in [2.75, 3.05) is 5.32 Å². The second-order valence-corrected chi connectivity index (χ2v) is 5.42. The Kier molecular flexibility index (Phi) is 3.59. The maximum Gasteiger partial charge on any atom is 0.326 e. The Morgan fingerprint density at radius 3 is 2.76 bits per heavy atom. The molecule has 21 heavy (non-hydrogen) atoms. The summed E-state index contributed by atoms with van der Waals surface area (Å²) in [7, 11) is 0. The zero-order valence-corrected chi connectivity index (χ0v) is 12.1. The molecule has 0 saturated carbocycles. The summed E-state index contributed by atoms with van der Waals surface area (Å²) >= 11 is 7.16. The molecular formula is C13H9ClN4O2S. The van der Waals surface area contributed by atoms with Crippen LogP contribution in [0.4, 0.5) is 10.5 Å². The van der Waals surface area contributed by atoms with Gasteiger partial charge in [-0.3, -0.25) is 14.5 Å². The Morgan fingerprint density at radius 1 is 1.24 bits per heavy atom. The van der Waals surface area contributed by atoms with E-state index in [1.807, 2.05) is 5.38 Å². The topological polar surface area (TPSA) is 75.5 Å². The number of fused-ring (bicyclic) bond motifs is 1. The van der Waals surface area contributed by atoms with Crippen LogP contribution in [0, 0.1) is 0 Å². The summed E-state index contributed by atoms with van der Waals surface area (Å²) in [5.41, 5.74) is 0.844. The van der Waals surface area contributed by atoms with E-state index >= 15 is 0 Å². The van der Waals surface area contributed by atoms with Crippen molar-refractivity contribution >= 4 is 45.5 Å². The van der Waals surface area contributed by atoms with Gasteiger partial charge >= 0.3 is 6.03 Å². The lowest BCUT2D eigenvalue weighted by Crippen LogP contribution is -2.34. The molecule has 0 fully saturated rings. The largest absolute Gasteiger partial charge is 0.326 e. The smallest absolute Gasteiger partial charge is 0.308 e. The second kappa shape index (κ2) is 5.55. The highest BCUT2D eigenvalue weighted by Crippen LogP contribution is 2.14. The molecule has 0 aliphatic heterocycles. The predicted octanol–water partition coefficient (Wildman–Crippen LogP) is 3.01. The number of thiazole rings is 1. The van der Waals surface area contributed by atoms with Crippen LogP contribution >= 0.6 is 22.9 Å². The maximum absolute atomic E-state index is 12.0. The van der Waals surface area contributed by atoms with Gasteiger partial charge in [-0.2, -0.15) is 0 Å². The number of amides is 3. The van der Waals surface area contributed by atoms with Gasteiger partial charge < -0.3 is 5.32 Å². The monoisotopic (exact) mass is 320 g/mol. The van der Waals surface area contributed by atoms with Gasteiger partial charge in [0.15, 0.2) is 4.96 Å². The van der Waals surface area contributed by atoms with Crippen LogP contribution in [-0.4, -0.2) is 21.3 Å². The normalized spacial score (nSPS) is 10.5. The highest BCUT2D eigenvalue weighted by molar-refractivity contribution is 7.15. The van der Waals surface area contributed by atoms with Crippen molar-refractivity contribution in [3.8, 4) is 0 Å². The lowest BCUT2D eigenvalue weighted by molar-refractivity contribution is 0.0961. The molecule has 6 nitrogen and oxygen atoms in total. The van der Waals surface area contributed by atoms with Crippen LogP contribution < -0.4 is 10.6 Å². The number of urea groups is 1. The Morgan fingerprint density at radius 2 is 2.00 bits per heavy atom. The maximum atomic E-state index is 12.0. The molecular weight excluding hydrogens is 312 g/mol. The molecule has 0 radical (unpaired) electrons. The number of carbonyl (C=O) groups is 2. The zero-order chi connectivity index (χ0) is 14.8. The summed E-state index contributed by atoms with van der Waals surface area (Å²) in [6, 6.07) is 5.95. The number of aromatic nitrogens is 2. The number of imidazole rings is 1. The summed E-state index contributed by atoms with van der Waals surface area (Å²) in [5, 5.41) is 7.17. The van der Waals surface area contributed by atoms with Crippen molar-refractivity contribution in [2.24, 2.45) is 0 Å². The van der Waals surface area contributed by atoms with E-state index in [4.69, 9.17) is 11.6 Å². The Balaban J connectivity index is 1.68. The Hall–Kier alpha value is -2.38. The van der Waals surface area contributed by atoms with Gasteiger partial charge in [-0.05, 0) is 24.3 Å². The fourth-order valence-corrected chi connectivity index (χ4v) is 2.57. The molecule has 3 rings (SSSR count). The van der Waals surface area contributed by atoms with Crippen LogP contribution in [0.3, 0.4) is 0 Å². The van der Waals surface area contributed by atoms with Gasteiger partial charge in [0.05, 0.1) is 6.20 Å². The van der Waals surface area contributed by atoms with Gasteiger partial charge in [0.1, 0.15) is 5.69 Å². The lowest BCUT2D eigenvalue weighted by Gasteiger charge is -2.06. The van der Waals surface area contributed by atoms with Crippen LogP contribution in [0.5, 0.6) is 0 Å². The first-order valence-corrected chi connectivity index (χ1v) is 7.18. The number of benzene rings is 1. The summed E-state index contributed by atoms with van der Waals surface area (Å²) < 4.78 is 1.62. The van der Waals surface area contributed by atoms with Gasteiger partial charge in [-0.25, -0.2) is 9.78 Å². The first-order chi connectivity index (χ1) is 10.1. The molecule has 2 N–H and O–H groups in total. The fraction of sp³-hybridized carbons (Fsp3) is 0. The number of hydrogen-bond acceptors (Lipinski definition) is 4. The van der Waals surface area contributed by atoms with Gasteiger partial charge in [0.2, 0.25) is 0 Å². The van der Waals surface area contributed by atoms with E-state index in [0.29, 0.717) is 21.4 Å². The van der Waals surface area contributed by atoms with E-state index in [2.05, 4.69) is 15.6 Å². The molecule has 8 heteroatoms. The minimum atomic E-state index is -0.618. The molecule has 3 amide bonds. The van der Waals surface area contributed by atoms with Gasteiger partial charge in [-0.1, -0.05) is 11.6 Å². The highest BCUT2D eigenvalue weighted by Gasteiger charge is 2.15. The van der Waals surface area contributed by atoms with E-state index < -0.39 is 11.9 Å². The van der Waals surface area contributed by atoms with Crippen molar-refractivity contribution in [3.05, 3.63) is 52.8 Å². The standard InChI is InChI=1S/C13H9ClN4O2S/c14-8-1-3-9(4-2-8)16-12(20)17-11(19)10-7-15-13-18(10)5-6-21-13/h1-7H,(H2,16,17,19,20). The van der Waals surface area contributed by atoms with Crippen molar-refractivity contribution in [3.63, 3.8) is 0 Å². The molecule has 0 bridgehead atoms. The number of carbonyl (C=O) groups excluding carboxylic acids is 2. The number of hydrogen-bond donors (Lipinski definition) is 2. The molecule has 0 aliphatic rings. The second-order valence-electron chi connectivity index (χ2n) is 4.11. The number of nitrogens with zero attached hydrogens (tertiary/aromatic N) is 2. The molecule has 3 aromatic rings. The van der Waals surface area contributed by atoms with Crippen LogP contribution in [0.15, 0.2) is 42.0 Å². The minimum Gasteiger partial charge on any atom is -0.308 e. The third-order valence-corrected chi connectivity index (χ3v) is 3.73. The van der Waals surface area contributed by atoms with Crippen LogP contribution in [0.25, 0.3) is 4.96 Å². The molecule has 0 aliphatic carbocycles. The van der Waals surface area contributed by atoms with Gasteiger partial charge in [0, 0.05) is 22.3 Å². The van der Waals surface area contributed by atoms with E-state index in [-0.39, 0.29) is 0 Å². The molecule has 0 unspecified atom stereocenters. The molecule has 2 aromatic heterocycles. The first kappa shape index (κ1) is 13.6. The molecule has 2 heterocycles. The van der Waals surface area contributed by atoms with Crippen LogP contribution in [0.2, 0.25) is 5.02 Å². The number of anilines is 1. The molecule has 0 saturated heterocycles. The van der Waals surface area contributed by atoms with Crippen molar-refractivity contribution in [1.82, 2.24) is 14.7 Å². The summed E-state index contributed by atoms with van der Waals surface area (Å²) in [6.45, 7) is 0. The van der Waals surface area contributed by atoms with Crippen molar-refractivity contribution in [1.29, 1.82) is 0 Å². The van der Waals surface area contributed by atoms with E-state index in [0.717, 1.165) is 0 Å². The van der Waals surface area contributed by atoms with Crippen molar-refractivity contribution in [2.45, 2.75) is 0 Å². The average Bonchev–Trinajstić information content (AvgIpc) is 3.03. The number of nitrogens with one attached hydrogen (secondary N) is 2. The van der Waals surface area contributed by atoms with Gasteiger partial charge in [0.25, 0.3) is 5.91 Å². The first-order valence-electron chi connectivity index (χ1n) is 5.92. The number of halogens is 1. The lowest BCUT2D eigenvalue weighted by atomic mass is 10.3. The molecule has 0 atom stereocenters. The third-order valence-electron chi connectivity index (χ3n) is 2.71. The van der Waals surface area contributed by atoms with Crippen molar-refractivity contribution < 1.29 is 9.59 Å². The average molecular weight is 321 g/mol. The summed E-state index contributed by atoms with van der Waals surface area (Å²) in [6.07, 6.45) is 3.15. The van der Waals surface area contributed by atoms with E-state index in [9.17, 15) is 9.59 Å². The summed E-state index contributed by atoms with van der Waals surface area (Å²) in [5.74, 6) is -0.521. The zero-order valence-electron chi connectivity index (χ0n) is 10.5. The van der Waals surface area contributed by atoms with E-state index in [1.165, 1.54) is 17.5 Å². The Bertz CT molecular complexity index is 809.